The average Bonchev–Trinajstić information content (AvgIpc) is 2.39. The van der Waals surface area contributed by atoms with Crippen LogP contribution in [0.1, 0.15) is 16.7 Å². The maximum absolute atomic E-state index is 12.4. The van der Waals surface area contributed by atoms with Gasteiger partial charge in [-0.2, -0.15) is 5.26 Å². The minimum Gasteiger partial charge on any atom is -0.278 e. The van der Waals surface area contributed by atoms with Crippen molar-refractivity contribution < 1.29 is 8.42 Å². The molecule has 0 radical (unpaired) electrons. The van der Waals surface area contributed by atoms with Crippen molar-refractivity contribution in [3.8, 4) is 6.07 Å². The maximum Gasteiger partial charge on any atom is 0.262 e. The van der Waals surface area contributed by atoms with E-state index in [9.17, 15) is 8.42 Å². The van der Waals surface area contributed by atoms with Gasteiger partial charge < -0.3 is 0 Å². The SMILES string of the molecule is Cc1ccccc1S(=O)(=O)Nc1cccc(C)c1C#N. The molecule has 2 rings (SSSR count). The van der Waals surface area contributed by atoms with Crippen LogP contribution in [-0.2, 0) is 10.0 Å². The number of benzene rings is 2. The van der Waals surface area contributed by atoms with Crippen LogP contribution in [0.4, 0.5) is 5.69 Å². The first-order valence-electron chi connectivity index (χ1n) is 6.04. The van der Waals surface area contributed by atoms with Crippen LogP contribution < -0.4 is 4.72 Å². The summed E-state index contributed by atoms with van der Waals surface area (Å²) in [6, 6.07) is 13.8. The second-order valence-corrected chi connectivity index (χ2v) is 6.13. The predicted molar refractivity (Wildman–Crippen MR) is 77.9 cm³/mol. The van der Waals surface area contributed by atoms with Crippen molar-refractivity contribution in [3.05, 3.63) is 59.2 Å². The summed E-state index contributed by atoms with van der Waals surface area (Å²) < 4.78 is 27.2. The van der Waals surface area contributed by atoms with Crippen molar-refractivity contribution in [2.45, 2.75) is 18.7 Å². The van der Waals surface area contributed by atoms with E-state index in [0.29, 0.717) is 16.8 Å². The minimum atomic E-state index is -3.69. The van der Waals surface area contributed by atoms with Gasteiger partial charge in [0.1, 0.15) is 6.07 Å². The van der Waals surface area contributed by atoms with Gasteiger partial charge in [-0.05, 0) is 37.1 Å². The molecular weight excluding hydrogens is 272 g/mol. The summed E-state index contributed by atoms with van der Waals surface area (Å²) in [6.07, 6.45) is 0. The third kappa shape index (κ3) is 2.65. The Morgan fingerprint density at radius 3 is 2.30 bits per heavy atom. The zero-order valence-electron chi connectivity index (χ0n) is 11.2. The lowest BCUT2D eigenvalue weighted by atomic mass is 10.1. The molecule has 0 bridgehead atoms. The zero-order chi connectivity index (χ0) is 14.8. The highest BCUT2D eigenvalue weighted by molar-refractivity contribution is 7.92. The van der Waals surface area contributed by atoms with Crippen LogP contribution in [-0.4, -0.2) is 8.42 Å². The minimum absolute atomic E-state index is 0.213. The highest BCUT2D eigenvalue weighted by Gasteiger charge is 2.18. The van der Waals surface area contributed by atoms with Gasteiger partial charge in [0.2, 0.25) is 0 Å². The summed E-state index contributed by atoms with van der Waals surface area (Å²) in [7, 11) is -3.69. The zero-order valence-corrected chi connectivity index (χ0v) is 12.0. The highest BCUT2D eigenvalue weighted by Crippen LogP contribution is 2.23. The molecule has 0 spiro atoms. The van der Waals surface area contributed by atoms with Crippen LogP contribution >= 0.6 is 0 Å². The fraction of sp³-hybridized carbons (Fsp3) is 0.133. The van der Waals surface area contributed by atoms with E-state index in [1.807, 2.05) is 6.07 Å². The van der Waals surface area contributed by atoms with Crippen LogP contribution in [0.25, 0.3) is 0 Å². The van der Waals surface area contributed by atoms with Gasteiger partial charge in [0.25, 0.3) is 10.0 Å². The lowest BCUT2D eigenvalue weighted by Crippen LogP contribution is -2.15. The summed E-state index contributed by atoms with van der Waals surface area (Å²) >= 11 is 0. The Morgan fingerprint density at radius 1 is 1.00 bits per heavy atom. The highest BCUT2D eigenvalue weighted by atomic mass is 32.2. The van der Waals surface area contributed by atoms with Crippen LogP contribution in [0.15, 0.2) is 47.4 Å². The molecule has 0 aliphatic heterocycles. The molecule has 5 heteroatoms. The van der Waals surface area contributed by atoms with E-state index >= 15 is 0 Å². The van der Waals surface area contributed by atoms with E-state index in [1.165, 1.54) is 0 Å². The quantitative estimate of drug-likeness (QED) is 0.943. The van der Waals surface area contributed by atoms with Gasteiger partial charge >= 0.3 is 0 Å². The molecule has 0 amide bonds. The van der Waals surface area contributed by atoms with Crippen molar-refractivity contribution in [2.24, 2.45) is 0 Å². The molecule has 0 unspecified atom stereocenters. The molecule has 0 saturated carbocycles. The first kappa shape index (κ1) is 14.1. The number of aryl methyl sites for hydroxylation is 2. The van der Waals surface area contributed by atoms with Crippen molar-refractivity contribution in [3.63, 3.8) is 0 Å². The first-order valence-corrected chi connectivity index (χ1v) is 7.52. The molecule has 0 saturated heterocycles. The van der Waals surface area contributed by atoms with Gasteiger partial charge in [0.05, 0.1) is 16.1 Å². The number of nitrogens with one attached hydrogen (secondary N) is 1. The van der Waals surface area contributed by atoms with Crippen LogP contribution in [0.2, 0.25) is 0 Å². The number of hydrogen-bond donors (Lipinski definition) is 1. The smallest absolute Gasteiger partial charge is 0.262 e. The number of hydrogen-bond acceptors (Lipinski definition) is 3. The predicted octanol–water partition coefficient (Wildman–Crippen LogP) is 2.98. The van der Waals surface area contributed by atoms with Crippen molar-refractivity contribution >= 4 is 15.7 Å². The molecule has 0 heterocycles. The van der Waals surface area contributed by atoms with Crippen molar-refractivity contribution in [2.75, 3.05) is 4.72 Å². The van der Waals surface area contributed by atoms with Gasteiger partial charge in [0, 0.05) is 0 Å². The fourth-order valence-corrected chi connectivity index (χ4v) is 3.28. The summed E-state index contributed by atoms with van der Waals surface area (Å²) in [5.74, 6) is 0. The fourth-order valence-electron chi connectivity index (χ4n) is 1.96. The molecule has 102 valence electrons. The number of nitriles is 1. The van der Waals surface area contributed by atoms with Gasteiger partial charge in [-0.3, -0.25) is 4.72 Å². The second-order valence-electron chi connectivity index (χ2n) is 4.48. The van der Waals surface area contributed by atoms with E-state index in [4.69, 9.17) is 5.26 Å². The van der Waals surface area contributed by atoms with Gasteiger partial charge in [-0.25, -0.2) is 8.42 Å². The van der Waals surface area contributed by atoms with Gasteiger partial charge in [-0.15, -0.1) is 0 Å². The molecular formula is C15H14N2O2S. The molecule has 4 nitrogen and oxygen atoms in total. The Balaban J connectivity index is 2.48. The standard InChI is InChI=1S/C15H14N2O2S/c1-11-7-5-8-14(13(11)10-16)17-20(18,19)15-9-4-3-6-12(15)2/h3-9,17H,1-2H3. The molecule has 2 aromatic carbocycles. The van der Waals surface area contributed by atoms with Crippen LogP contribution in [0.5, 0.6) is 0 Å². The molecule has 0 fully saturated rings. The van der Waals surface area contributed by atoms with Gasteiger partial charge in [-0.1, -0.05) is 30.3 Å². The number of anilines is 1. The molecule has 2 aromatic rings. The Bertz CT molecular complexity index is 790. The number of rotatable bonds is 3. The normalized spacial score (nSPS) is 10.8. The number of nitrogens with zero attached hydrogens (tertiary/aromatic N) is 1. The Labute approximate surface area is 118 Å². The largest absolute Gasteiger partial charge is 0.278 e. The second kappa shape index (κ2) is 5.35. The third-order valence-electron chi connectivity index (χ3n) is 3.01. The molecule has 0 aliphatic rings. The summed E-state index contributed by atoms with van der Waals surface area (Å²) in [4.78, 5) is 0.213. The molecule has 0 aliphatic carbocycles. The molecule has 1 N–H and O–H groups in total. The summed E-state index contributed by atoms with van der Waals surface area (Å²) in [5, 5.41) is 9.14. The average molecular weight is 286 g/mol. The maximum atomic E-state index is 12.4. The molecule has 0 aromatic heterocycles. The topological polar surface area (TPSA) is 70.0 Å². The van der Waals surface area contributed by atoms with E-state index in [1.54, 1.807) is 56.3 Å². The first-order chi connectivity index (χ1) is 9.45. The Kier molecular flexibility index (Phi) is 3.77. The van der Waals surface area contributed by atoms with Crippen LogP contribution in [0.3, 0.4) is 0 Å². The van der Waals surface area contributed by atoms with Gasteiger partial charge in [0.15, 0.2) is 0 Å². The lowest BCUT2D eigenvalue weighted by molar-refractivity contribution is 0.600. The third-order valence-corrected chi connectivity index (χ3v) is 4.54. The van der Waals surface area contributed by atoms with Crippen LogP contribution in [0, 0.1) is 25.2 Å². The number of sulfonamides is 1. The van der Waals surface area contributed by atoms with Crippen molar-refractivity contribution in [1.29, 1.82) is 5.26 Å². The molecule has 0 atom stereocenters. The van der Waals surface area contributed by atoms with E-state index in [2.05, 4.69) is 4.72 Å². The monoisotopic (exact) mass is 286 g/mol. The van der Waals surface area contributed by atoms with E-state index in [-0.39, 0.29) is 4.90 Å². The summed E-state index contributed by atoms with van der Waals surface area (Å²) in [5.41, 5.74) is 2.03. The Morgan fingerprint density at radius 2 is 1.65 bits per heavy atom. The van der Waals surface area contributed by atoms with E-state index < -0.39 is 10.0 Å². The van der Waals surface area contributed by atoms with Crippen molar-refractivity contribution in [1.82, 2.24) is 0 Å². The van der Waals surface area contributed by atoms with E-state index in [0.717, 1.165) is 5.56 Å². The summed E-state index contributed by atoms with van der Waals surface area (Å²) in [6.45, 7) is 3.50. The lowest BCUT2D eigenvalue weighted by Gasteiger charge is -2.12. The Hall–Kier alpha value is -2.32. The molecule has 20 heavy (non-hydrogen) atoms.